The van der Waals surface area contributed by atoms with Crippen LogP contribution < -0.4 is 0 Å². The average Bonchev–Trinajstić information content (AvgIpc) is 2.96. The van der Waals surface area contributed by atoms with Gasteiger partial charge in [-0.05, 0) is 35.9 Å². The highest BCUT2D eigenvalue weighted by Crippen LogP contribution is 2.19. The molecule has 4 nitrogen and oxygen atoms in total. The molecular weight excluding hydrogens is 238 g/mol. The summed E-state index contributed by atoms with van der Waals surface area (Å²) in [6.07, 6.45) is 0.961. The molecule has 1 aromatic rings. The average molecular weight is 255 g/mol. The van der Waals surface area contributed by atoms with E-state index in [-0.39, 0.29) is 12.0 Å². The molecule has 0 bridgehead atoms. The van der Waals surface area contributed by atoms with Gasteiger partial charge in [-0.1, -0.05) is 0 Å². The van der Waals surface area contributed by atoms with E-state index in [1.54, 1.807) is 11.3 Å². The molecule has 2 rings (SSSR count). The maximum Gasteiger partial charge on any atom is 0.310 e. The summed E-state index contributed by atoms with van der Waals surface area (Å²) < 4.78 is 5.27. The number of thiophene rings is 1. The molecule has 94 valence electrons. The van der Waals surface area contributed by atoms with E-state index >= 15 is 0 Å². The van der Waals surface area contributed by atoms with Crippen LogP contribution in [0.4, 0.5) is 0 Å². The van der Waals surface area contributed by atoms with Crippen molar-refractivity contribution in [2.45, 2.75) is 12.5 Å². The van der Waals surface area contributed by atoms with E-state index in [1.165, 1.54) is 5.56 Å². The van der Waals surface area contributed by atoms with Crippen LogP contribution in [0.1, 0.15) is 5.56 Å². The van der Waals surface area contributed by atoms with Gasteiger partial charge in [0.15, 0.2) is 0 Å². The van der Waals surface area contributed by atoms with Gasteiger partial charge in [0.2, 0.25) is 0 Å². The van der Waals surface area contributed by atoms with Crippen LogP contribution in [-0.4, -0.2) is 48.8 Å². The first-order valence-corrected chi connectivity index (χ1v) is 6.64. The Kier molecular flexibility index (Phi) is 4.15. The highest BCUT2D eigenvalue weighted by Gasteiger charge is 2.36. The predicted molar refractivity (Wildman–Crippen MR) is 66.4 cm³/mol. The van der Waals surface area contributed by atoms with Crippen LogP contribution in [-0.2, 0) is 16.0 Å². The lowest BCUT2D eigenvalue weighted by atomic mass is 10.0. The number of nitrogens with zero attached hydrogens (tertiary/aromatic N) is 1. The molecule has 0 radical (unpaired) electrons. The topological polar surface area (TPSA) is 49.8 Å². The fourth-order valence-corrected chi connectivity index (χ4v) is 2.82. The largest absolute Gasteiger partial charge is 0.481 e. The van der Waals surface area contributed by atoms with Crippen molar-refractivity contribution in [3.63, 3.8) is 0 Å². The van der Waals surface area contributed by atoms with Crippen LogP contribution in [0.25, 0.3) is 0 Å². The van der Waals surface area contributed by atoms with Gasteiger partial charge in [0.25, 0.3) is 0 Å². The number of ether oxygens (including phenoxy) is 1. The van der Waals surface area contributed by atoms with Crippen LogP contribution >= 0.6 is 11.3 Å². The van der Waals surface area contributed by atoms with Crippen molar-refractivity contribution in [1.29, 1.82) is 0 Å². The summed E-state index contributed by atoms with van der Waals surface area (Å²) in [5.41, 5.74) is 1.31. The minimum Gasteiger partial charge on any atom is -0.481 e. The van der Waals surface area contributed by atoms with Gasteiger partial charge >= 0.3 is 5.97 Å². The standard InChI is InChI=1S/C12H17NO3S/c1-13(4-2-9-3-5-17-8-9)11-7-16-6-10(11)12(14)15/h3,5,8,10-11H,2,4,6-7H2,1H3,(H,14,15). The van der Waals surface area contributed by atoms with Crippen LogP contribution in [0, 0.1) is 5.92 Å². The number of carbonyl (C=O) groups is 1. The third kappa shape index (κ3) is 3.06. The number of carboxylic acids is 1. The molecule has 1 fully saturated rings. The molecule has 0 saturated carbocycles. The van der Waals surface area contributed by atoms with Crippen molar-refractivity contribution in [3.05, 3.63) is 22.4 Å². The Morgan fingerprint density at radius 2 is 2.47 bits per heavy atom. The Bertz CT molecular complexity index is 366. The van der Waals surface area contributed by atoms with E-state index in [9.17, 15) is 4.79 Å². The van der Waals surface area contributed by atoms with Crippen molar-refractivity contribution < 1.29 is 14.6 Å². The van der Waals surface area contributed by atoms with E-state index in [0.29, 0.717) is 13.2 Å². The van der Waals surface area contributed by atoms with Gasteiger partial charge < -0.3 is 9.84 Å². The van der Waals surface area contributed by atoms with Gasteiger partial charge in [0, 0.05) is 12.6 Å². The number of rotatable bonds is 5. The van der Waals surface area contributed by atoms with Gasteiger partial charge in [-0.15, -0.1) is 0 Å². The van der Waals surface area contributed by atoms with Gasteiger partial charge in [0.05, 0.1) is 19.1 Å². The molecule has 2 atom stereocenters. The van der Waals surface area contributed by atoms with Crippen molar-refractivity contribution in [2.75, 3.05) is 26.8 Å². The Morgan fingerprint density at radius 1 is 1.65 bits per heavy atom. The second-order valence-electron chi connectivity index (χ2n) is 4.41. The van der Waals surface area contributed by atoms with Gasteiger partial charge in [-0.25, -0.2) is 0 Å². The fourth-order valence-electron chi connectivity index (χ4n) is 2.12. The Balaban J connectivity index is 1.86. The molecule has 5 heteroatoms. The van der Waals surface area contributed by atoms with E-state index in [4.69, 9.17) is 9.84 Å². The summed E-state index contributed by atoms with van der Waals surface area (Å²) in [5.74, 6) is -1.14. The maximum absolute atomic E-state index is 11.0. The van der Waals surface area contributed by atoms with Crippen molar-refractivity contribution in [3.8, 4) is 0 Å². The fraction of sp³-hybridized carbons (Fsp3) is 0.583. The number of hydrogen-bond acceptors (Lipinski definition) is 4. The normalized spacial score (nSPS) is 24.4. The summed E-state index contributed by atoms with van der Waals surface area (Å²) in [7, 11) is 1.97. The Hall–Kier alpha value is -0.910. The SMILES string of the molecule is CN(CCc1ccsc1)C1COCC1C(=O)O. The molecule has 0 aliphatic carbocycles. The van der Waals surface area contributed by atoms with Crippen LogP contribution in [0.3, 0.4) is 0 Å². The molecule has 2 unspecified atom stereocenters. The molecule has 1 saturated heterocycles. The first kappa shape index (κ1) is 12.5. The van der Waals surface area contributed by atoms with Gasteiger partial charge in [-0.2, -0.15) is 11.3 Å². The Labute approximate surface area is 105 Å². The van der Waals surface area contributed by atoms with E-state index in [1.807, 2.05) is 7.05 Å². The first-order valence-electron chi connectivity index (χ1n) is 5.70. The summed E-state index contributed by atoms with van der Waals surface area (Å²) in [6.45, 7) is 1.73. The van der Waals surface area contributed by atoms with Gasteiger partial charge in [0.1, 0.15) is 0 Å². The van der Waals surface area contributed by atoms with E-state index in [0.717, 1.165) is 13.0 Å². The second kappa shape index (κ2) is 5.62. The van der Waals surface area contributed by atoms with Crippen LogP contribution in [0.15, 0.2) is 16.8 Å². The lowest BCUT2D eigenvalue weighted by molar-refractivity contribution is -0.143. The zero-order valence-electron chi connectivity index (χ0n) is 9.83. The first-order chi connectivity index (χ1) is 8.18. The highest BCUT2D eigenvalue weighted by atomic mass is 32.1. The summed E-state index contributed by atoms with van der Waals surface area (Å²) >= 11 is 1.69. The number of carboxylic acid groups (broad SMARTS) is 1. The third-order valence-electron chi connectivity index (χ3n) is 3.27. The summed E-state index contributed by atoms with van der Waals surface area (Å²) in [6, 6.07) is 2.12. The molecule has 1 aliphatic heterocycles. The molecular formula is C12H17NO3S. The minimum atomic E-state index is -0.755. The lowest BCUT2D eigenvalue weighted by Gasteiger charge is -2.25. The van der Waals surface area contributed by atoms with Gasteiger partial charge in [-0.3, -0.25) is 9.69 Å². The van der Waals surface area contributed by atoms with Crippen molar-refractivity contribution in [1.82, 2.24) is 4.90 Å². The maximum atomic E-state index is 11.0. The Morgan fingerprint density at radius 3 is 3.12 bits per heavy atom. The van der Waals surface area contributed by atoms with Crippen LogP contribution in [0.5, 0.6) is 0 Å². The summed E-state index contributed by atoms with van der Waals surface area (Å²) in [5, 5.41) is 13.3. The molecule has 1 aromatic heterocycles. The van der Waals surface area contributed by atoms with Crippen LogP contribution in [0.2, 0.25) is 0 Å². The number of aliphatic carboxylic acids is 1. The third-order valence-corrected chi connectivity index (χ3v) is 4.00. The lowest BCUT2D eigenvalue weighted by Crippen LogP contribution is -2.41. The van der Waals surface area contributed by atoms with E-state index < -0.39 is 5.97 Å². The molecule has 2 heterocycles. The molecule has 0 spiro atoms. The quantitative estimate of drug-likeness (QED) is 0.862. The monoisotopic (exact) mass is 255 g/mol. The van der Waals surface area contributed by atoms with E-state index in [2.05, 4.69) is 21.7 Å². The zero-order valence-corrected chi connectivity index (χ0v) is 10.7. The molecule has 0 aromatic carbocycles. The molecule has 1 N–H and O–H groups in total. The number of likely N-dealkylation sites (N-methyl/N-ethyl adjacent to an activating group) is 1. The minimum absolute atomic E-state index is 0.00568. The predicted octanol–water partition coefficient (Wildman–Crippen LogP) is 1.32. The second-order valence-corrected chi connectivity index (χ2v) is 5.19. The zero-order chi connectivity index (χ0) is 12.3. The summed E-state index contributed by atoms with van der Waals surface area (Å²) in [4.78, 5) is 13.1. The molecule has 0 amide bonds. The smallest absolute Gasteiger partial charge is 0.310 e. The highest BCUT2D eigenvalue weighted by molar-refractivity contribution is 7.07. The van der Waals surface area contributed by atoms with Crippen molar-refractivity contribution >= 4 is 17.3 Å². The number of hydrogen-bond donors (Lipinski definition) is 1. The molecule has 17 heavy (non-hydrogen) atoms. The molecule has 1 aliphatic rings. The van der Waals surface area contributed by atoms with Crippen molar-refractivity contribution in [2.24, 2.45) is 5.92 Å².